The molecular formula is C29H30N2O7. The molecule has 1 amide bonds. The monoisotopic (exact) mass is 518 g/mol. The van der Waals surface area contributed by atoms with Gasteiger partial charge in [0.25, 0.3) is 0 Å². The first-order chi connectivity index (χ1) is 18.0. The lowest BCUT2D eigenvalue weighted by Gasteiger charge is -2.29. The van der Waals surface area contributed by atoms with Crippen molar-refractivity contribution in [1.29, 1.82) is 0 Å². The van der Waals surface area contributed by atoms with Crippen LogP contribution in [0.15, 0.2) is 53.4 Å². The Morgan fingerprint density at radius 2 is 1.68 bits per heavy atom. The molecule has 0 saturated carbocycles. The average molecular weight is 519 g/mol. The number of carbonyl (C=O) groups excluding carboxylic acids is 4. The molecule has 0 spiro atoms. The molecule has 1 atom stereocenters. The maximum Gasteiger partial charge on any atom is 0.221 e. The van der Waals surface area contributed by atoms with Gasteiger partial charge in [-0.25, -0.2) is 0 Å². The van der Waals surface area contributed by atoms with Crippen LogP contribution in [0.2, 0.25) is 0 Å². The molecule has 1 unspecified atom stereocenters. The molecule has 1 aliphatic carbocycles. The fourth-order valence-electron chi connectivity index (χ4n) is 4.89. The SMILES string of the molecule is CC(=O)c1c(O)c(C)c(O)c2c1OC1=CC(=O)C(=C(C)NCCC(=O)NCCc3ccccc3)C(=O)C12C. The van der Waals surface area contributed by atoms with E-state index in [1.54, 1.807) is 6.92 Å². The second-order valence-corrected chi connectivity index (χ2v) is 9.65. The summed E-state index contributed by atoms with van der Waals surface area (Å²) < 4.78 is 5.76. The summed E-state index contributed by atoms with van der Waals surface area (Å²) in [5.41, 5.74) is -0.413. The number of ether oxygens (including phenoxy) is 1. The number of fused-ring (bicyclic) bond motifs is 3. The maximum absolute atomic E-state index is 13.8. The van der Waals surface area contributed by atoms with Crippen LogP contribution >= 0.6 is 0 Å². The number of carbonyl (C=O) groups is 4. The molecule has 4 N–H and O–H groups in total. The molecule has 9 nitrogen and oxygen atoms in total. The van der Waals surface area contributed by atoms with E-state index < -0.39 is 28.5 Å². The van der Waals surface area contributed by atoms with Gasteiger partial charge in [-0.05, 0) is 39.7 Å². The Morgan fingerprint density at radius 3 is 2.34 bits per heavy atom. The largest absolute Gasteiger partial charge is 0.507 e. The van der Waals surface area contributed by atoms with Crippen LogP contribution in [0.4, 0.5) is 0 Å². The van der Waals surface area contributed by atoms with Gasteiger partial charge in [0.1, 0.15) is 34.0 Å². The van der Waals surface area contributed by atoms with E-state index in [4.69, 9.17) is 4.74 Å². The highest BCUT2D eigenvalue weighted by Gasteiger charge is 2.56. The lowest BCUT2D eigenvalue weighted by molar-refractivity contribution is -0.124. The van der Waals surface area contributed by atoms with Crippen LogP contribution in [-0.4, -0.2) is 46.6 Å². The predicted octanol–water partition coefficient (Wildman–Crippen LogP) is 2.91. The van der Waals surface area contributed by atoms with Gasteiger partial charge in [-0.3, -0.25) is 19.2 Å². The van der Waals surface area contributed by atoms with Gasteiger partial charge in [0, 0.05) is 36.8 Å². The van der Waals surface area contributed by atoms with Crippen molar-refractivity contribution in [3.63, 3.8) is 0 Å². The third-order valence-electron chi connectivity index (χ3n) is 7.08. The standard InChI is InChI=1S/C29H30N2O7/c1-15-25(35)23(17(3)32)27-24(26(15)36)29(4)20(38-27)14-19(33)22(28(29)37)16(2)30-13-11-21(34)31-12-10-18-8-6-5-7-9-18/h5-9,14,30,35-36H,10-13H2,1-4H3,(H,31,34). The number of amides is 1. The summed E-state index contributed by atoms with van der Waals surface area (Å²) in [4.78, 5) is 51.3. The van der Waals surface area contributed by atoms with Crippen LogP contribution in [-0.2, 0) is 26.2 Å². The van der Waals surface area contributed by atoms with Crippen LogP contribution in [0.5, 0.6) is 17.2 Å². The quantitative estimate of drug-likeness (QED) is 0.237. The van der Waals surface area contributed by atoms with E-state index in [-0.39, 0.29) is 64.1 Å². The minimum absolute atomic E-state index is 0.0281. The molecule has 1 aliphatic heterocycles. The van der Waals surface area contributed by atoms with Crippen molar-refractivity contribution in [2.24, 2.45) is 0 Å². The summed E-state index contributed by atoms with van der Waals surface area (Å²) in [5, 5.41) is 27.2. The summed E-state index contributed by atoms with van der Waals surface area (Å²) in [6, 6.07) is 9.78. The van der Waals surface area contributed by atoms with Crippen LogP contribution in [0.25, 0.3) is 0 Å². The van der Waals surface area contributed by atoms with Crippen molar-refractivity contribution in [2.75, 3.05) is 13.1 Å². The minimum atomic E-state index is -1.58. The summed E-state index contributed by atoms with van der Waals surface area (Å²) in [6.45, 7) is 6.42. The van der Waals surface area contributed by atoms with E-state index in [1.807, 2.05) is 30.3 Å². The molecule has 0 aromatic heterocycles. The van der Waals surface area contributed by atoms with Crippen molar-refractivity contribution >= 4 is 23.3 Å². The number of hydrogen-bond donors (Lipinski definition) is 4. The molecule has 1 heterocycles. The molecule has 4 rings (SSSR count). The van der Waals surface area contributed by atoms with E-state index in [9.17, 15) is 29.4 Å². The second kappa shape index (κ2) is 10.2. The van der Waals surface area contributed by atoms with Crippen molar-refractivity contribution < 1.29 is 34.1 Å². The zero-order valence-corrected chi connectivity index (χ0v) is 21.7. The zero-order chi connectivity index (χ0) is 27.8. The van der Waals surface area contributed by atoms with Gasteiger partial charge in [0.15, 0.2) is 17.3 Å². The van der Waals surface area contributed by atoms with E-state index in [0.29, 0.717) is 13.0 Å². The predicted molar refractivity (Wildman–Crippen MR) is 139 cm³/mol. The van der Waals surface area contributed by atoms with E-state index in [2.05, 4.69) is 10.6 Å². The molecule has 9 heteroatoms. The van der Waals surface area contributed by atoms with Gasteiger partial charge in [-0.1, -0.05) is 30.3 Å². The fraction of sp³-hybridized carbons (Fsp3) is 0.310. The Labute approximate surface area is 220 Å². The Balaban J connectivity index is 1.52. The maximum atomic E-state index is 13.8. The Kier molecular flexibility index (Phi) is 7.13. The number of phenols is 2. The van der Waals surface area contributed by atoms with Crippen molar-refractivity contribution in [3.05, 3.63) is 75.7 Å². The number of rotatable bonds is 8. The van der Waals surface area contributed by atoms with Crippen molar-refractivity contribution in [2.45, 2.75) is 46.0 Å². The van der Waals surface area contributed by atoms with Crippen LogP contribution in [0, 0.1) is 6.92 Å². The summed E-state index contributed by atoms with van der Waals surface area (Å²) >= 11 is 0. The van der Waals surface area contributed by atoms with E-state index >= 15 is 0 Å². The highest BCUT2D eigenvalue weighted by Crippen LogP contribution is 2.57. The number of hydrogen-bond acceptors (Lipinski definition) is 8. The lowest BCUT2D eigenvalue weighted by Crippen LogP contribution is -2.41. The smallest absolute Gasteiger partial charge is 0.221 e. The first-order valence-electron chi connectivity index (χ1n) is 12.3. The lowest BCUT2D eigenvalue weighted by atomic mass is 9.70. The van der Waals surface area contributed by atoms with Crippen LogP contribution in [0.3, 0.4) is 0 Å². The summed E-state index contributed by atoms with van der Waals surface area (Å²) in [5.74, 6) is -2.88. The number of aromatic hydroxyl groups is 2. The van der Waals surface area contributed by atoms with Gasteiger partial charge >= 0.3 is 0 Å². The molecule has 0 fully saturated rings. The topological polar surface area (TPSA) is 142 Å². The molecule has 2 aromatic carbocycles. The first kappa shape index (κ1) is 26.7. The highest BCUT2D eigenvalue weighted by atomic mass is 16.5. The third-order valence-corrected chi connectivity index (χ3v) is 7.08. The normalized spacial score (nSPS) is 19.2. The Bertz CT molecular complexity index is 1420. The van der Waals surface area contributed by atoms with E-state index in [1.165, 1.54) is 20.8 Å². The van der Waals surface area contributed by atoms with Crippen LogP contribution < -0.4 is 15.4 Å². The molecule has 2 aromatic rings. The molecule has 0 saturated heterocycles. The number of phenolic OH excluding ortho intramolecular Hbond substituents is 2. The van der Waals surface area contributed by atoms with Gasteiger partial charge in [0.05, 0.1) is 11.1 Å². The number of benzene rings is 2. The highest BCUT2D eigenvalue weighted by molar-refractivity contribution is 6.31. The second-order valence-electron chi connectivity index (χ2n) is 9.65. The molecule has 2 aliphatic rings. The summed E-state index contributed by atoms with van der Waals surface area (Å²) in [7, 11) is 0. The molecule has 198 valence electrons. The van der Waals surface area contributed by atoms with Gasteiger partial charge in [0.2, 0.25) is 5.91 Å². The molecule has 38 heavy (non-hydrogen) atoms. The van der Waals surface area contributed by atoms with Crippen molar-refractivity contribution in [1.82, 2.24) is 10.6 Å². The number of ketones is 3. The Morgan fingerprint density at radius 1 is 1.00 bits per heavy atom. The minimum Gasteiger partial charge on any atom is -0.507 e. The fourth-order valence-corrected chi connectivity index (χ4v) is 4.89. The molecule has 0 bridgehead atoms. The van der Waals surface area contributed by atoms with E-state index in [0.717, 1.165) is 11.6 Å². The number of Topliss-reactive ketones (excluding diaryl/α,β-unsaturated/α-hetero) is 2. The number of nitrogens with one attached hydrogen (secondary N) is 2. The van der Waals surface area contributed by atoms with Gasteiger partial charge in [-0.2, -0.15) is 0 Å². The molecular weight excluding hydrogens is 488 g/mol. The zero-order valence-electron chi connectivity index (χ0n) is 21.7. The first-order valence-corrected chi connectivity index (χ1v) is 12.3. The van der Waals surface area contributed by atoms with Gasteiger partial charge < -0.3 is 25.6 Å². The third kappa shape index (κ3) is 4.44. The molecule has 0 radical (unpaired) electrons. The van der Waals surface area contributed by atoms with Gasteiger partial charge in [-0.15, -0.1) is 0 Å². The van der Waals surface area contributed by atoms with Crippen LogP contribution in [0.1, 0.15) is 54.2 Å². The number of allylic oxidation sites excluding steroid dienone is 4. The Hall–Kier alpha value is -4.40. The van der Waals surface area contributed by atoms with Crippen molar-refractivity contribution in [3.8, 4) is 17.2 Å². The summed E-state index contributed by atoms with van der Waals surface area (Å²) in [6.07, 6.45) is 2.00. The average Bonchev–Trinajstić information content (AvgIpc) is 3.16.